The van der Waals surface area contributed by atoms with Crippen molar-refractivity contribution in [3.05, 3.63) is 0 Å². The van der Waals surface area contributed by atoms with Crippen molar-refractivity contribution in [2.75, 3.05) is 32.7 Å². The molecule has 1 atom stereocenters. The minimum atomic E-state index is -0.665. The Morgan fingerprint density at radius 3 is 2.50 bits per heavy atom. The minimum absolute atomic E-state index is 0.301. The summed E-state index contributed by atoms with van der Waals surface area (Å²) in [7, 11) is 0. The third kappa shape index (κ3) is 4.94. The van der Waals surface area contributed by atoms with E-state index in [1.165, 1.54) is 25.7 Å². The fourth-order valence-electron chi connectivity index (χ4n) is 2.63. The van der Waals surface area contributed by atoms with E-state index in [-0.39, 0.29) is 6.04 Å². The monoisotopic (exact) mass is 256 g/mol. The van der Waals surface area contributed by atoms with Crippen molar-refractivity contribution in [2.24, 2.45) is 0 Å². The van der Waals surface area contributed by atoms with E-state index in [0.717, 1.165) is 32.6 Å². The van der Waals surface area contributed by atoms with Gasteiger partial charge in [-0.1, -0.05) is 33.1 Å². The largest absolute Gasteiger partial charge is 0.480 e. The van der Waals surface area contributed by atoms with E-state index in [2.05, 4.69) is 23.6 Å². The fourth-order valence-corrected chi connectivity index (χ4v) is 2.63. The van der Waals surface area contributed by atoms with E-state index in [1.807, 2.05) is 0 Å². The Morgan fingerprint density at radius 2 is 1.89 bits per heavy atom. The summed E-state index contributed by atoms with van der Waals surface area (Å²) in [5, 5.41) is 9.29. The lowest BCUT2D eigenvalue weighted by atomic mass is 10.1. The number of piperazine rings is 1. The van der Waals surface area contributed by atoms with Gasteiger partial charge >= 0.3 is 5.97 Å². The molecule has 1 rings (SSSR count). The van der Waals surface area contributed by atoms with Crippen LogP contribution in [0.2, 0.25) is 0 Å². The van der Waals surface area contributed by atoms with Gasteiger partial charge in [0.25, 0.3) is 0 Å². The van der Waals surface area contributed by atoms with Crippen LogP contribution >= 0.6 is 0 Å². The van der Waals surface area contributed by atoms with E-state index in [4.69, 9.17) is 0 Å². The Labute approximate surface area is 111 Å². The molecule has 0 spiro atoms. The highest BCUT2D eigenvalue weighted by Crippen LogP contribution is 2.12. The third-order valence-electron chi connectivity index (χ3n) is 3.70. The third-order valence-corrected chi connectivity index (χ3v) is 3.70. The number of aliphatic carboxylic acids is 1. The van der Waals surface area contributed by atoms with Gasteiger partial charge in [0, 0.05) is 19.6 Å². The first-order valence-corrected chi connectivity index (χ1v) is 7.38. The summed E-state index contributed by atoms with van der Waals surface area (Å²) in [6.07, 6.45) is 6.04. The average Bonchev–Trinajstić information content (AvgIpc) is 2.36. The number of hydrogen-bond donors (Lipinski definition) is 1. The molecule has 106 valence electrons. The number of carboxylic acids is 1. The zero-order chi connectivity index (χ0) is 13.4. The van der Waals surface area contributed by atoms with Crippen molar-refractivity contribution in [2.45, 2.75) is 52.0 Å². The second kappa shape index (κ2) is 8.48. The van der Waals surface area contributed by atoms with E-state index in [0.29, 0.717) is 6.54 Å². The lowest BCUT2D eigenvalue weighted by Gasteiger charge is -2.39. The lowest BCUT2D eigenvalue weighted by molar-refractivity contribution is -0.145. The summed E-state index contributed by atoms with van der Waals surface area (Å²) in [5.41, 5.74) is 0. The molecule has 0 aliphatic carbocycles. The minimum Gasteiger partial charge on any atom is -0.480 e. The van der Waals surface area contributed by atoms with Gasteiger partial charge in [-0.25, -0.2) is 0 Å². The molecule has 18 heavy (non-hydrogen) atoms. The van der Waals surface area contributed by atoms with Gasteiger partial charge in [0.05, 0.1) is 0 Å². The zero-order valence-corrected chi connectivity index (χ0v) is 11.9. The quantitative estimate of drug-likeness (QED) is 0.675. The summed E-state index contributed by atoms with van der Waals surface area (Å²) < 4.78 is 0. The molecule has 4 nitrogen and oxygen atoms in total. The first-order chi connectivity index (χ1) is 8.69. The van der Waals surface area contributed by atoms with Crippen molar-refractivity contribution in [1.82, 2.24) is 9.80 Å². The normalized spacial score (nSPS) is 22.2. The van der Waals surface area contributed by atoms with Crippen LogP contribution in [0.15, 0.2) is 0 Å². The first kappa shape index (κ1) is 15.4. The zero-order valence-electron chi connectivity index (χ0n) is 11.9. The Kier molecular flexibility index (Phi) is 7.28. The molecule has 0 saturated carbocycles. The van der Waals surface area contributed by atoms with Crippen LogP contribution in [-0.4, -0.2) is 59.6 Å². The van der Waals surface area contributed by atoms with Crippen LogP contribution in [0.4, 0.5) is 0 Å². The summed E-state index contributed by atoms with van der Waals surface area (Å²) in [5.74, 6) is -0.665. The standard InChI is InChI=1S/C14H28N2O2/c1-3-5-6-7-9-15-10-11-16(8-4-2)13(12-15)14(17)18/h13H,3-12H2,1-2H3,(H,17,18). The summed E-state index contributed by atoms with van der Waals surface area (Å²) in [4.78, 5) is 15.7. The van der Waals surface area contributed by atoms with Gasteiger partial charge in [-0.3, -0.25) is 14.6 Å². The fraction of sp³-hybridized carbons (Fsp3) is 0.929. The molecule has 1 aliphatic rings. The van der Waals surface area contributed by atoms with Crippen LogP contribution in [0.25, 0.3) is 0 Å². The number of unbranched alkanes of at least 4 members (excludes halogenated alkanes) is 3. The summed E-state index contributed by atoms with van der Waals surface area (Å²) in [6.45, 7) is 8.90. The van der Waals surface area contributed by atoms with E-state index in [9.17, 15) is 9.90 Å². The molecule has 0 radical (unpaired) electrons. The van der Waals surface area contributed by atoms with E-state index in [1.54, 1.807) is 0 Å². The van der Waals surface area contributed by atoms with Gasteiger partial charge in [0.1, 0.15) is 6.04 Å². The Hall–Kier alpha value is -0.610. The number of rotatable bonds is 8. The molecule has 0 aromatic carbocycles. The molecule has 0 aromatic rings. The van der Waals surface area contributed by atoms with Gasteiger partial charge in [-0.15, -0.1) is 0 Å². The van der Waals surface area contributed by atoms with Gasteiger partial charge in [-0.2, -0.15) is 0 Å². The van der Waals surface area contributed by atoms with E-state index < -0.39 is 5.97 Å². The Morgan fingerprint density at radius 1 is 1.11 bits per heavy atom. The van der Waals surface area contributed by atoms with Gasteiger partial charge < -0.3 is 5.11 Å². The molecule has 1 aliphatic heterocycles. The number of carbonyl (C=O) groups is 1. The number of hydrogen-bond acceptors (Lipinski definition) is 3. The predicted octanol–water partition coefficient (Wildman–Crippen LogP) is 2.05. The van der Waals surface area contributed by atoms with E-state index >= 15 is 0 Å². The smallest absolute Gasteiger partial charge is 0.322 e. The maximum atomic E-state index is 11.3. The topological polar surface area (TPSA) is 43.8 Å². The highest BCUT2D eigenvalue weighted by Gasteiger charge is 2.31. The van der Waals surface area contributed by atoms with Crippen LogP contribution < -0.4 is 0 Å². The highest BCUT2D eigenvalue weighted by molar-refractivity contribution is 5.74. The molecule has 1 fully saturated rings. The second-order valence-electron chi connectivity index (χ2n) is 5.25. The molecule has 1 heterocycles. The van der Waals surface area contributed by atoms with Gasteiger partial charge in [-0.05, 0) is 25.9 Å². The number of carboxylic acid groups (broad SMARTS) is 1. The molecule has 1 unspecified atom stereocenters. The lowest BCUT2D eigenvalue weighted by Crippen LogP contribution is -2.56. The summed E-state index contributed by atoms with van der Waals surface area (Å²) >= 11 is 0. The molecule has 0 bridgehead atoms. The van der Waals surface area contributed by atoms with Crippen LogP contribution in [0.3, 0.4) is 0 Å². The molecule has 1 saturated heterocycles. The van der Waals surface area contributed by atoms with Crippen LogP contribution in [-0.2, 0) is 4.79 Å². The van der Waals surface area contributed by atoms with Gasteiger partial charge in [0.2, 0.25) is 0 Å². The van der Waals surface area contributed by atoms with Crippen molar-refractivity contribution in [3.63, 3.8) is 0 Å². The van der Waals surface area contributed by atoms with Crippen LogP contribution in [0.5, 0.6) is 0 Å². The SMILES string of the molecule is CCCCCCN1CCN(CCC)C(C(=O)O)C1. The molecule has 1 N–H and O–H groups in total. The average molecular weight is 256 g/mol. The van der Waals surface area contributed by atoms with Crippen molar-refractivity contribution < 1.29 is 9.90 Å². The maximum absolute atomic E-state index is 11.3. The Bertz CT molecular complexity index is 244. The Balaban J connectivity index is 2.35. The maximum Gasteiger partial charge on any atom is 0.322 e. The van der Waals surface area contributed by atoms with Crippen molar-refractivity contribution in [3.8, 4) is 0 Å². The van der Waals surface area contributed by atoms with Crippen LogP contribution in [0.1, 0.15) is 46.0 Å². The second-order valence-corrected chi connectivity index (χ2v) is 5.25. The summed E-state index contributed by atoms with van der Waals surface area (Å²) in [6, 6.07) is -0.301. The molecule has 4 heteroatoms. The molecule has 0 amide bonds. The molecule has 0 aromatic heterocycles. The molecular formula is C14H28N2O2. The predicted molar refractivity (Wildman–Crippen MR) is 73.9 cm³/mol. The van der Waals surface area contributed by atoms with Crippen LogP contribution in [0, 0.1) is 0 Å². The van der Waals surface area contributed by atoms with Crippen molar-refractivity contribution in [1.29, 1.82) is 0 Å². The highest BCUT2D eigenvalue weighted by atomic mass is 16.4. The van der Waals surface area contributed by atoms with Gasteiger partial charge in [0.15, 0.2) is 0 Å². The number of nitrogens with zero attached hydrogens (tertiary/aromatic N) is 2. The van der Waals surface area contributed by atoms with Crippen molar-refractivity contribution >= 4 is 5.97 Å². The first-order valence-electron chi connectivity index (χ1n) is 7.38. The molecular weight excluding hydrogens is 228 g/mol.